The predicted octanol–water partition coefficient (Wildman–Crippen LogP) is 15.9. The molecule has 0 aliphatic heterocycles. The molecule has 0 radical (unpaired) electrons. The SMILES string of the molecule is c1ccc(-c2ccc(N(c3ccc(-c4ccc5c(c4)C4(c6ccccc6-c6ccccc64)c4oc6ccccc6c4-5)cc3)c3ccc4sc5ccccc5c4c3)cc2)cc1. The lowest BCUT2D eigenvalue weighted by atomic mass is 9.72. The molecule has 2 aliphatic carbocycles. The van der Waals surface area contributed by atoms with Gasteiger partial charge in [0.2, 0.25) is 0 Å². The number of fused-ring (bicyclic) bond motifs is 15. The van der Waals surface area contributed by atoms with Crippen LogP contribution in [0.2, 0.25) is 0 Å². The Kier molecular flexibility index (Phi) is 7.13. The monoisotopic (exact) mass is 781 g/mol. The number of hydrogen-bond acceptors (Lipinski definition) is 3. The lowest BCUT2D eigenvalue weighted by molar-refractivity contribution is 0.507. The van der Waals surface area contributed by atoms with Crippen LogP contribution in [0.1, 0.15) is 22.5 Å². The van der Waals surface area contributed by atoms with E-state index in [2.05, 4.69) is 217 Å². The topological polar surface area (TPSA) is 16.4 Å². The molecule has 0 N–H and O–H groups in total. The molecule has 0 fully saturated rings. The summed E-state index contributed by atoms with van der Waals surface area (Å²) >= 11 is 1.85. The van der Waals surface area contributed by atoms with Crippen molar-refractivity contribution in [2.24, 2.45) is 0 Å². The van der Waals surface area contributed by atoms with Gasteiger partial charge < -0.3 is 9.32 Å². The van der Waals surface area contributed by atoms with E-state index in [1.54, 1.807) is 0 Å². The minimum atomic E-state index is -0.556. The molecule has 2 heterocycles. The van der Waals surface area contributed by atoms with E-state index in [-0.39, 0.29) is 0 Å². The summed E-state index contributed by atoms with van der Waals surface area (Å²) in [6.07, 6.45) is 0. The van der Waals surface area contributed by atoms with E-state index in [0.29, 0.717) is 0 Å². The third-order valence-electron chi connectivity index (χ3n) is 12.9. The highest BCUT2D eigenvalue weighted by molar-refractivity contribution is 7.25. The number of thiophene rings is 1. The maximum Gasteiger partial charge on any atom is 0.135 e. The van der Waals surface area contributed by atoms with Gasteiger partial charge in [-0.1, -0.05) is 152 Å². The van der Waals surface area contributed by atoms with Gasteiger partial charge in [0.1, 0.15) is 16.8 Å². The maximum atomic E-state index is 6.99. The second-order valence-electron chi connectivity index (χ2n) is 16.0. The van der Waals surface area contributed by atoms with Crippen molar-refractivity contribution in [2.45, 2.75) is 5.41 Å². The Morgan fingerprint density at radius 3 is 1.65 bits per heavy atom. The Labute approximate surface area is 351 Å². The molecule has 0 atom stereocenters. The zero-order valence-electron chi connectivity index (χ0n) is 32.5. The van der Waals surface area contributed by atoms with Crippen LogP contribution in [-0.2, 0) is 5.41 Å². The quantitative estimate of drug-likeness (QED) is 0.173. The molecule has 2 nitrogen and oxygen atoms in total. The second kappa shape index (κ2) is 12.8. The molecule has 0 bridgehead atoms. The van der Waals surface area contributed by atoms with Gasteiger partial charge in [-0.25, -0.2) is 0 Å². The maximum absolute atomic E-state index is 6.99. The molecule has 2 aliphatic rings. The van der Waals surface area contributed by atoms with Crippen molar-refractivity contribution in [3.05, 3.63) is 235 Å². The van der Waals surface area contributed by atoms with Crippen LogP contribution in [0.5, 0.6) is 0 Å². The molecule has 11 aromatic rings. The Morgan fingerprint density at radius 2 is 0.917 bits per heavy atom. The van der Waals surface area contributed by atoms with E-state index < -0.39 is 5.41 Å². The fourth-order valence-electron chi connectivity index (χ4n) is 10.3. The predicted molar refractivity (Wildman–Crippen MR) is 251 cm³/mol. The molecule has 2 aromatic heterocycles. The molecule has 60 heavy (non-hydrogen) atoms. The molecule has 0 saturated carbocycles. The van der Waals surface area contributed by atoms with Crippen molar-refractivity contribution < 1.29 is 4.42 Å². The van der Waals surface area contributed by atoms with Crippen molar-refractivity contribution >= 4 is 59.5 Å². The van der Waals surface area contributed by atoms with Crippen LogP contribution in [0.4, 0.5) is 17.1 Å². The molecule has 280 valence electrons. The highest BCUT2D eigenvalue weighted by Gasteiger charge is 2.55. The van der Waals surface area contributed by atoms with E-state index >= 15 is 0 Å². The summed E-state index contributed by atoms with van der Waals surface area (Å²) in [5.41, 5.74) is 17.3. The molecule has 0 saturated heterocycles. The lowest BCUT2D eigenvalue weighted by Gasteiger charge is -2.28. The Morgan fingerprint density at radius 1 is 0.367 bits per heavy atom. The smallest absolute Gasteiger partial charge is 0.135 e. The molecular formula is C57H35NOS. The Balaban J connectivity index is 0.959. The average molecular weight is 782 g/mol. The molecule has 9 aromatic carbocycles. The van der Waals surface area contributed by atoms with Crippen molar-refractivity contribution in [1.82, 2.24) is 0 Å². The summed E-state index contributed by atoms with van der Waals surface area (Å²) in [5.74, 6) is 1.02. The lowest BCUT2D eigenvalue weighted by Crippen LogP contribution is -2.25. The first-order valence-electron chi connectivity index (χ1n) is 20.6. The summed E-state index contributed by atoms with van der Waals surface area (Å²) in [4.78, 5) is 2.39. The van der Waals surface area contributed by atoms with Gasteiger partial charge in [-0.05, 0) is 116 Å². The molecule has 0 unspecified atom stereocenters. The Bertz CT molecular complexity index is 3440. The average Bonchev–Trinajstić information content (AvgIpc) is 4.05. The molecule has 13 rings (SSSR count). The first-order valence-corrected chi connectivity index (χ1v) is 21.4. The van der Waals surface area contributed by atoms with Crippen LogP contribution in [0, 0.1) is 0 Å². The molecule has 0 amide bonds. The van der Waals surface area contributed by atoms with Gasteiger partial charge in [0.05, 0.1) is 0 Å². The zero-order chi connectivity index (χ0) is 39.4. The summed E-state index contributed by atoms with van der Waals surface area (Å²) in [7, 11) is 0. The van der Waals surface area contributed by atoms with E-state index in [1.165, 1.54) is 81.4 Å². The third kappa shape index (κ3) is 4.69. The normalized spacial score (nSPS) is 13.1. The number of para-hydroxylation sites is 1. The number of nitrogens with zero attached hydrogens (tertiary/aromatic N) is 1. The van der Waals surface area contributed by atoms with Crippen LogP contribution in [-0.4, -0.2) is 0 Å². The number of anilines is 3. The van der Waals surface area contributed by atoms with Crippen molar-refractivity contribution in [1.29, 1.82) is 0 Å². The summed E-state index contributed by atoms with van der Waals surface area (Å²) in [6, 6.07) is 77.7. The van der Waals surface area contributed by atoms with Crippen LogP contribution >= 0.6 is 11.3 Å². The van der Waals surface area contributed by atoms with Gasteiger partial charge in [-0.15, -0.1) is 11.3 Å². The van der Waals surface area contributed by atoms with Crippen LogP contribution in [0.15, 0.2) is 217 Å². The fourth-order valence-corrected chi connectivity index (χ4v) is 11.3. The van der Waals surface area contributed by atoms with E-state index in [1.807, 2.05) is 11.3 Å². The number of hydrogen-bond donors (Lipinski definition) is 0. The first-order chi connectivity index (χ1) is 29.7. The first kappa shape index (κ1) is 33.5. The highest BCUT2D eigenvalue weighted by atomic mass is 32.1. The molecule has 3 heteroatoms. The Hall–Kier alpha value is -7.46. The largest absolute Gasteiger partial charge is 0.459 e. The standard InChI is InChI=1S/C57H35NOS/c1-2-12-36(13-3-1)37-22-27-40(28-23-37)58(42-31-33-54-48(35-42)45-16-7-11-21-53(45)60-54)41-29-24-38(25-30-41)39-26-32-46-51(34-39)57(56-55(46)47-17-6-10-20-52(47)59-56)49-18-8-4-14-43(49)44-15-5-9-19-50(44)57/h1-35H. The number of rotatable bonds is 5. The van der Waals surface area contributed by atoms with Gasteiger partial charge >= 0.3 is 0 Å². The van der Waals surface area contributed by atoms with Crippen LogP contribution in [0.3, 0.4) is 0 Å². The highest BCUT2D eigenvalue weighted by Crippen LogP contribution is 2.64. The van der Waals surface area contributed by atoms with Gasteiger partial charge in [-0.2, -0.15) is 0 Å². The van der Waals surface area contributed by atoms with Gasteiger partial charge in [0.25, 0.3) is 0 Å². The summed E-state index contributed by atoms with van der Waals surface area (Å²) in [5, 5.41) is 3.74. The summed E-state index contributed by atoms with van der Waals surface area (Å²) < 4.78 is 9.60. The van der Waals surface area contributed by atoms with Crippen LogP contribution < -0.4 is 4.90 Å². The van der Waals surface area contributed by atoms with Gasteiger partial charge in [0.15, 0.2) is 0 Å². The zero-order valence-corrected chi connectivity index (χ0v) is 33.3. The van der Waals surface area contributed by atoms with E-state index in [4.69, 9.17) is 4.42 Å². The van der Waals surface area contributed by atoms with Gasteiger partial charge in [0, 0.05) is 48.2 Å². The summed E-state index contributed by atoms with van der Waals surface area (Å²) in [6.45, 7) is 0. The van der Waals surface area contributed by atoms with E-state index in [9.17, 15) is 0 Å². The number of benzene rings is 9. The minimum Gasteiger partial charge on any atom is -0.459 e. The number of furan rings is 1. The van der Waals surface area contributed by atoms with Crippen molar-refractivity contribution in [2.75, 3.05) is 4.90 Å². The van der Waals surface area contributed by atoms with E-state index in [0.717, 1.165) is 33.8 Å². The van der Waals surface area contributed by atoms with Crippen molar-refractivity contribution in [3.8, 4) is 44.5 Å². The van der Waals surface area contributed by atoms with Crippen molar-refractivity contribution in [3.63, 3.8) is 0 Å². The molecule has 1 spiro atoms. The minimum absolute atomic E-state index is 0.556. The van der Waals surface area contributed by atoms with Gasteiger partial charge in [-0.3, -0.25) is 0 Å². The second-order valence-corrected chi connectivity index (χ2v) is 17.1. The third-order valence-corrected chi connectivity index (χ3v) is 14.0. The molecular weight excluding hydrogens is 747 g/mol. The van der Waals surface area contributed by atoms with Crippen LogP contribution in [0.25, 0.3) is 75.6 Å². The fraction of sp³-hybridized carbons (Fsp3) is 0.0175.